The monoisotopic (exact) mass is 417 g/mol. The lowest BCUT2D eigenvalue weighted by Gasteiger charge is -2.31. The van der Waals surface area contributed by atoms with Crippen LogP contribution >= 0.6 is 0 Å². The van der Waals surface area contributed by atoms with Gasteiger partial charge in [-0.2, -0.15) is 4.31 Å². The zero-order chi connectivity index (χ0) is 21.0. The highest BCUT2D eigenvalue weighted by atomic mass is 32.2. The lowest BCUT2D eigenvalue weighted by molar-refractivity contribution is -0.114. The van der Waals surface area contributed by atoms with Crippen LogP contribution in [0.4, 0.5) is 5.69 Å². The molecule has 1 heterocycles. The Morgan fingerprint density at radius 1 is 1.07 bits per heavy atom. The van der Waals surface area contributed by atoms with Crippen LogP contribution in [0.5, 0.6) is 5.75 Å². The summed E-state index contributed by atoms with van der Waals surface area (Å²) in [5.74, 6) is -0.505. The molecular formula is C20H23N3O5S. The van der Waals surface area contributed by atoms with Crippen molar-refractivity contribution in [3.63, 3.8) is 0 Å². The van der Waals surface area contributed by atoms with Crippen LogP contribution in [0, 0.1) is 0 Å². The van der Waals surface area contributed by atoms with Crippen molar-refractivity contribution in [3.8, 4) is 5.75 Å². The van der Waals surface area contributed by atoms with Gasteiger partial charge in [0.2, 0.25) is 15.9 Å². The minimum atomic E-state index is -3.64. The minimum Gasteiger partial charge on any atom is -0.508 e. The van der Waals surface area contributed by atoms with Crippen LogP contribution in [0.15, 0.2) is 53.4 Å². The number of rotatable bonds is 5. The molecule has 3 rings (SSSR count). The lowest BCUT2D eigenvalue weighted by Crippen LogP contribution is -2.46. The third kappa shape index (κ3) is 5.12. The summed E-state index contributed by atoms with van der Waals surface area (Å²) in [5.41, 5.74) is 0.893. The second-order valence-corrected chi connectivity index (χ2v) is 8.85. The van der Waals surface area contributed by atoms with E-state index in [0.29, 0.717) is 37.2 Å². The van der Waals surface area contributed by atoms with Gasteiger partial charge in [-0.25, -0.2) is 8.42 Å². The number of aromatic hydroxyl groups is 1. The maximum absolute atomic E-state index is 12.8. The van der Waals surface area contributed by atoms with Gasteiger partial charge in [0.05, 0.1) is 4.90 Å². The number of carbonyl (C=O) groups is 2. The third-order valence-electron chi connectivity index (χ3n) is 4.71. The smallest absolute Gasteiger partial charge is 0.251 e. The molecule has 1 saturated heterocycles. The van der Waals surface area contributed by atoms with Gasteiger partial charge < -0.3 is 15.7 Å². The molecular weight excluding hydrogens is 394 g/mol. The first-order chi connectivity index (χ1) is 13.8. The third-order valence-corrected chi connectivity index (χ3v) is 6.62. The fourth-order valence-corrected chi connectivity index (χ4v) is 4.69. The van der Waals surface area contributed by atoms with Gasteiger partial charge in [-0.05, 0) is 55.3 Å². The normalized spacial score (nSPS) is 15.6. The fourth-order valence-electron chi connectivity index (χ4n) is 3.22. The Labute approximate surface area is 169 Å². The number of amides is 2. The van der Waals surface area contributed by atoms with E-state index in [1.54, 1.807) is 24.3 Å². The average molecular weight is 417 g/mol. The number of anilines is 1. The molecule has 154 valence electrons. The number of nitrogens with zero attached hydrogens (tertiary/aromatic N) is 1. The number of piperidine rings is 1. The molecule has 2 aromatic carbocycles. The number of hydrogen-bond donors (Lipinski definition) is 3. The molecule has 0 bridgehead atoms. The molecule has 1 aliphatic rings. The highest BCUT2D eigenvalue weighted by molar-refractivity contribution is 7.89. The Kier molecular flexibility index (Phi) is 6.19. The topological polar surface area (TPSA) is 116 Å². The molecule has 1 aliphatic heterocycles. The van der Waals surface area contributed by atoms with Crippen LogP contribution in [0.1, 0.15) is 30.1 Å². The van der Waals surface area contributed by atoms with E-state index in [0.717, 1.165) is 0 Å². The summed E-state index contributed by atoms with van der Waals surface area (Å²) in [6.45, 7) is 1.97. The molecule has 0 radical (unpaired) electrons. The van der Waals surface area contributed by atoms with Gasteiger partial charge in [0.1, 0.15) is 5.75 Å². The molecule has 0 aliphatic carbocycles. The summed E-state index contributed by atoms with van der Waals surface area (Å²) in [6, 6.07) is 12.0. The molecule has 2 amide bonds. The largest absolute Gasteiger partial charge is 0.508 e. The summed E-state index contributed by atoms with van der Waals surface area (Å²) >= 11 is 0. The van der Waals surface area contributed by atoms with E-state index in [4.69, 9.17) is 0 Å². The fraction of sp³-hybridized carbons (Fsp3) is 0.300. The number of phenols is 1. The van der Waals surface area contributed by atoms with E-state index in [1.165, 1.54) is 35.5 Å². The quantitative estimate of drug-likeness (QED) is 0.688. The summed E-state index contributed by atoms with van der Waals surface area (Å²) in [5, 5.41) is 15.0. The molecule has 29 heavy (non-hydrogen) atoms. The Bertz CT molecular complexity index is 997. The number of sulfonamides is 1. The van der Waals surface area contributed by atoms with E-state index in [-0.39, 0.29) is 28.5 Å². The maximum atomic E-state index is 12.8. The van der Waals surface area contributed by atoms with Gasteiger partial charge in [-0.1, -0.05) is 6.07 Å². The molecule has 2 aromatic rings. The van der Waals surface area contributed by atoms with Crippen LogP contribution in [-0.4, -0.2) is 48.8 Å². The second-order valence-electron chi connectivity index (χ2n) is 6.91. The van der Waals surface area contributed by atoms with E-state index >= 15 is 0 Å². The van der Waals surface area contributed by atoms with Crippen LogP contribution in [0.3, 0.4) is 0 Å². The van der Waals surface area contributed by atoms with Gasteiger partial charge >= 0.3 is 0 Å². The highest BCUT2D eigenvalue weighted by Gasteiger charge is 2.30. The van der Waals surface area contributed by atoms with Crippen molar-refractivity contribution in [2.75, 3.05) is 18.4 Å². The number of carbonyl (C=O) groups excluding carboxylic acids is 2. The van der Waals surface area contributed by atoms with Crippen LogP contribution in [-0.2, 0) is 14.8 Å². The van der Waals surface area contributed by atoms with E-state index < -0.39 is 10.0 Å². The zero-order valence-electron chi connectivity index (χ0n) is 16.0. The predicted molar refractivity (Wildman–Crippen MR) is 108 cm³/mol. The highest BCUT2D eigenvalue weighted by Crippen LogP contribution is 2.22. The van der Waals surface area contributed by atoms with Gasteiger partial charge in [-0.3, -0.25) is 9.59 Å². The Hall–Kier alpha value is -2.91. The van der Waals surface area contributed by atoms with Crippen molar-refractivity contribution in [2.24, 2.45) is 0 Å². The van der Waals surface area contributed by atoms with Crippen molar-refractivity contribution in [1.82, 2.24) is 9.62 Å². The molecule has 0 unspecified atom stereocenters. The van der Waals surface area contributed by atoms with Gasteiger partial charge in [-0.15, -0.1) is 0 Å². The Balaban J connectivity index is 1.59. The first kappa shape index (κ1) is 20.8. The van der Waals surface area contributed by atoms with Crippen molar-refractivity contribution in [1.29, 1.82) is 0 Å². The summed E-state index contributed by atoms with van der Waals surface area (Å²) in [4.78, 5) is 23.5. The minimum absolute atomic E-state index is 0.0167. The summed E-state index contributed by atoms with van der Waals surface area (Å²) < 4.78 is 27.1. The number of nitrogens with one attached hydrogen (secondary N) is 2. The van der Waals surface area contributed by atoms with E-state index in [9.17, 15) is 23.1 Å². The molecule has 0 saturated carbocycles. The van der Waals surface area contributed by atoms with E-state index in [2.05, 4.69) is 10.6 Å². The molecule has 0 atom stereocenters. The molecule has 3 N–H and O–H groups in total. The summed E-state index contributed by atoms with van der Waals surface area (Å²) in [7, 11) is -3.64. The number of hydrogen-bond acceptors (Lipinski definition) is 5. The number of benzene rings is 2. The molecule has 0 aromatic heterocycles. The first-order valence-corrected chi connectivity index (χ1v) is 10.7. The average Bonchev–Trinajstić information content (AvgIpc) is 2.68. The van der Waals surface area contributed by atoms with Crippen LogP contribution in [0.2, 0.25) is 0 Å². The van der Waals surface area contributed by atoms with Gasteiger partial charge in [0.15, 0.2) is 0 Å². The maximum Gasteiger partial charge on any atom is 0.251 e. The summed E-state index contributed by atoms with van der Waals surface area (Å²) in [6.07, 6.45) is 0.988. The van der Waals surface area contributed by atoms with Crippen molar-refractivity contribution in [3.05, 3.63) is 54.1 Å². The Morgan fingerprint density at radius 2 is 1.72 bits per heavy atom. The van der Waals surface area contributed by atoms with Crippen LogP contribution < -0.4 is 10.6 Å². The SMILES string of the molecule is CC(=O)Nc1ccc(S(=O)(=O)N2CCC(NC(=O)c3cccc(O)c3)CC2)cc1. The molecule has 1 fully saturated rings. The first-order valence-electron chi connectivity index (χ1n) is 9.23. The number of phenolic OH excluding ortho intramolecular Hbond substituents is 1. The standard InChI is InChI=1S/C20H23N3O5S/c1-14(24)21-16-5-7-19(8-6-16)29(27,28)23-11-9-17(10-12-23)22-20(26)15-3-2-4-18(25)13-15/h2-8,13,17,25H,9-12H2,1H3,(H,21,24)(H,22,26). The molecule has 8 nitrogen and oxygen atoms in total. The predicted octanol–water partition coefficient (Wildman–Crippen LogP) is 1.93. The lowest BCUT2D eigenvalue weighted by atomic mass is 10.1. The van der Waals surface area contributed by atoms with Crippen LogP contribution in [0.25, 0.3) is 0 Å². The van der Waals surface area contributed by atoms with Crippen molar-refractivity contribution < 1.29 is 23.1 Å². The second kappa shape index (κ2) is 8.62. The van der Waals surface area contributed by atoms with Gasteiger partial charge in [0, 0.05) is 37.3 Å². The van der Waals surface area contributed by atoms with Gasteiger partial charge in [0.25, 0.3) is 5.91 Å². The van der Waals surface area contributed by atoms with E-state index in [1.807, 2.05) is 0 Å². The Morgan fingerprint density at radius 3 is 2.31 bits per heavy atom. The van der Waals surface area contributed by atoms with Crippen molar-refractivity contribution in [2.45, 2.75) is 30.7 Å². The molecule has 0 spiro atoms. The van der Waals surface area contributed by atoms with Crippen molar-refractivity contribution >= 4 is 27.5 Å². The zero-order valence-corrected chi connectivity index (χ0v) is 16.8. The molecule has 9 heteroatoms.